The van der Waals surface area contributed by atoms with Gasteiger partial charge in [0.05, 0.1) is 0 Å². The van der Waals surface area contributed by atoms with Crippen LogP contribution in [-0.2, 0) is 23.6 Å². The lowest BCUT2D eigenvalue weighted by molar-refractivity contribution is 1.71. The minimum atomic E-state index is -2.78. The Hall–Kier alpha value is -3.76. The van der Waals surface area contributed by atoms with Crippen LogP contribution in [0.25, 0.3) is 9.75 Å². The largest absolute Gasteiger partial charge is 0.182 e. The molecule has 0 spiro atoms. The van der Waals surface area contributed by atoms with E-state index in [0.717, 1.165) is 0 Å². The highest BCUT2D eigenvalue weighted by atomic mass is 32.4. The molecule has 0 bridgehead atoms. The van der Waals surface area contributed by atoms with Gasteiger partial charge in [0, 0.05) is 31.1 Å². The van der Waals surface area contributed by atoms with E-state index >= 15 is 0 Å². The molecule has 0 saturated heterocycles. The van der Waals surface area contributed by atoms with Crippen LogP contribution in [0.15, 0.2) is 194 Å². The smallest absolute Gasteiger partial charge is 0.133 e. The van der Waals surface area contributed by atoms with Crippen LogP contribution in [0.4, 0.5) is 0 Å². The topological polar surface area (TPSA) is 0 Å². The Balaban J connectivity index is 1.38. The molecule has 3 heterocycles. The molecule has 0 N–H and O–H groups in total. The number of fused-ring (bicyclic) bond motifs is 3. The fraction of sp³-hybridized carbons (Fsp3) is 0. The zero-order chi connectivity index (χ0) is 34.5. The van der Waals surface area contributed by atoms with Crippen molar-refractivity contribution in [3.63, 3.8) is 0 Å². The fourth-order valence-electron chi connectivity index (χ4n) is 7.63. The van der Waals surface area contributed by atoms with Gasteiger partial charge in [0.2, 0.25) is 0 Å². The molecule has 0 amide bonds. The molecule has 9 rings (SSSR count). The van der Waals surface area contributed by atoms with Crippen LogP contribution in [0.1, 0.15) is 0 Å². The minimum Gasteiger partial charge on any atom is -0.133 e. The second-order valence-corrected chi connectivity index (χ2v) is 27.9. The molecule has 0 radical (unpaired) electrons. The molecule has 0 aliphatic carbocycles. The average Bonchev–Trinajstić information content (AvgIpc) is 3.92. The van der Waals surface area contributed by atoms with Gasteiger partial charge in [0.15, 0.2) is 8.07 Å². The van der Waals surface area contributed by atoms with Crippen molar-refractivity contribution in [2.45, 2.75) is 0 Å². The molecule has 0 unspecified atom stereocenters. The predicted molar refractivity (Wildman–Crippen MR) is 237 cm³/mol. The summed E-state index contributed by atoms with van der Waals surface area (Å²) >= 11 is 17.8. The van der Waals surface area contributed by atoms with Crippen LogP contribution in [0.3, 0.4) is 0 Å². The molecule has 51 heavy (non-hydrogen) atoms. The van der Waals surface area contributed by atoms with Gasteiger partial charge in [-0.25, -0.2) is 0 Å². The standard InChI is InChI=1S/C44H32P2S4Si/c47-45(33-19-7-1-8-20-33,34-21-9-2-10-22-34)41-31-39-43(49-41)44-40(51(39,37-27-15-5-16-28-37)38-29-17-6-18-30-38)32-42(50-44)46(48,35-23-11-3-12-24-35)36-25-13-4-14-26-36/h1-32H. The summed E-state index contributed by atoms with van der Waals surface area (Å²) in [5, 5.41) is 10.6. The molecule has 2 aromatic heterocycles. The third kappa shape index (κ3) is 5.17. The van der Waals surface area contributed by atoms with Crippen molar-refractivity contribution in [2.24, 2.45) is 0 Å². The van der Waals surface area contributed by atoms with Gasteiger partial charge >= 0.3 is 0 Å². The minimum absolute atomic E-state index is 1.23. The first-order chi connectivity index (χ1) is 25.1. The van der Waals surface area contributed by atoms with Crippen LogP contribution in [0.2, 0.25) is 0 Å². The van der Waals surface area contributed by atoms with E-state index in [4.69, 9.17) is 23.6 Å². The monoisotopic (exact) mass is 778 g/mol. The summed E-state index contributed by atoms with van der Waals surface area (Å²) in [6.45, 7) is 0. The highest BCUT2D eigenvalue weighted by Crippen LogP contribution is 2.50. The van der Waals surface area contributed by atoms with Crippen molar-refractivity contribution in [2.75, 3.05) is 0 Å². The normalized spacial score (nSPS) is 13.4. The maximum absolute atomic E-state index is 6.97. The molecule has 246 valence electrons. The molecule has 6 aromatic carbocycles. The summed E-state index contributed by atoms with van der Waals surface area (Å²) in [6, 6.07) is 66.3. The van der Waals surface area contributed by atoms with Crippen LogP contribution in [0.5, 0.6) is 0 Å². The summed E-state index contributed by atoms with van der Waals surface area (Å²) < 4.78 is 2.60. The lowest BCUT2D eigenvalue weighted by Crippen LogP contribution is -2.72. The molecular weight excluding hydrogens is 747 g/mol. The van der Waals surface area contributed by atoms with Gasteiger partial charge < -0.3 is 0 Å². The van der Waals surface area contributed by atoms with Gasteiger partial charge in [-0.3, -0.25) is 0 Å². The molecular formula is C44H32P2S4Si. The van der Waals surface area contributed by atoms with Gasteiger partial charge in [-0.05, 0) is 54.1 Å². The van der Waals surface area contributed by atoms with E-state index in [9.17, 15) is 0 Å². The highest BCUT2D eigenvalue weighted by molar-refractivity contribution is 8.27. The number of hydrogen-bond acceptors (Lipinski definition) is 4. The second kappa shape index (κ2) is 13.3. The van der Waals surface area contributed by atoms with Gasteiger partial charge in [-0.1, -0.05) is 206 Å². The van der Waals surface area contributed by atoms with Crippen molar-refractivity contribution in [3.8, 4) is 9.75 Å². The lowest BCUT2D eigenvalue weighted by atomic mass is 10.4. The second-order valence-electron chi connectivity index (χ2n) is 12.7. The summed E-state index contributed by atoms with van der Waals surface area (Å²) in [7, 11) is -2.78. The zero-order valence-electron chi connectivity index (χ0n) is 27.5. The number of rotatable bonds is 8. The molecule has 7 heteroatoms. The molecule has 0 atom stereocenters. The van der Waals surface area contributed by atoms with Crippen molar-refractivity contribution in [1.29, 1.82) is 0 Å². The Morgan fingerprint density at radius 1 is 0.353 bits per heavy atom. The van der Waals surface area contributed by atoms with Crippen molar-refractivity contribution in [1.82, 2.24) is 0 Å². The zero-order valence-corrected chi connectivity index (χ0v) is 33.6. The van der Waals surface area contributed by atoms with E-state index in [-0.39, 0.29) is 0 Å². The Labute approximate surface area is 319 Å². The van der Waals surface area contributed by atoms with E-state index in [0.29, 0.717) is 0 Å². The maximum atomic E-state index is 6.97. The van der Waals surface area contributed by atoms with Crippen molar-refractivity contribution < 1.29 is 0 Å². The average molecular weight is 779 g/mol. The summed E-state index contributed by atoms with van der Waals surface area (Å²) in [4.78, 5) is 2.75. The summed E-state index contributed by atoms with van der Waals surface area (Å²) in [5.41, 5.74) is 0. The first-order valence-electron chi connectivity index (χ1n) is 16.9. The number of thiophene rings is 2. The Morgan fingerprint density at radius 2 is 0.608 bits per heavy atom. The molecule has 0 fully saturated rings. The summed E-state index contributed by atoms with van der Waals surface area (Å²) in [5.74, 6) is 0. The third-order valence-electron chi connectivity index (χ3n) is 9.97. The van der Waals surface area contributed by atoms with Gasteiger partial charge in [-0.15, -0.1) is 22.7 Å². The van der Waals surface area contributed by atoms with E-state index in [1.54, 1.807) is 0 Å². The van der Waals surface area contributed by atoms with Crippen molar-refractivity contribution in [3.05, 3.63) is 194 Å². The van der Waals surface area contributed by atoms with Crippen LogP contribution >= 0.6 is 34.7 Å². The molecule has 1 aliphatic rings. The Morgan fingerprint density at radius 3 is 0.882 bits per heavy atom. The van der Waals surface area contributed by atoms with E-state index in [1.165, 1.54) is 61.0 Å². The number of benzene rings is 6. The quantitative estimate of drug-likeness (QED) is 0.125. The first-order valence-corrected chi connectivity index (χ1v) is 26.1. The van der Waals surface area contributed by atoms with Crippen LogP contribution in [-0.4, -0.2) is 8.07 Å². The Bertz CT molecular complexity index is 2300. The SMILES string of the molecule is S=P(c1ccccc1)(c1ccccc1)c1cc2c(s1)-c1sc(P(=S)(c3ccccc3)c3ccccc3)cc1[Si]2(c1ccccc1)c1ccccc1. The summed E-state index contributed by atoms with van der Waals surface area (Å²) in [6.07, 6.45) is 0. The number of hydrogen-bond donors (Lipinski definition) is 0. The first kappa shape index (κ1) is 33.1. The van der Waals surface area contributed by atoms with E-state index in [2.05, 4.69) is 194 Å². The molecule has 0 saturated carbocycles. The maximum Gasteiger partial charge on any atom is 0.182 e. The van der Waals surface area contributed by atoms with E-state index in [1.807, 2.05) is 22.7 Å². The van der Waals surface area contributed by atoms with E-state index < -0.39 is 20.1 Å². The van der Waals surface area contributed by atoms with Crippen molar-refractivity contribution >= 4 is 118 Å². The molecule has 1 aliphatic heterocycles. The molecule has 0 nitrogen and oxygen atoms in total. The molecule has 8 aromatic rings. The van der Waals surface area contributed by atoms with Gasteiger partial charge in [0.25, 0.3) is 0 Å². The van der Waals surface area contributed by atoms with Crippen LogP contribution < -0.4 is 51.2 Å². The highest BCUT2D eigenvalue weighted by Gasteiger charge is 2.52. The lowest BCUT2D eigenvalue weighted by Gasteiger charge is -2.30. The Kier molecular flexibility index (Phi) is 8.65. The van der Waals surface area contributed by atoms with Gasteiger partial charge in [-0.2, -0.15) is 0 Å². The predicted octanol–water partition coefficient (Wildman–Crippen LogP) is 6.68. The third-order valence-corrected chi connectivity index (χ3v) is 29.4. The van der Waals surface area contributed by atoms with Gasteiger partial charge in [0.1, 0.15) is 0 Å². The van der Waals surface area contributed by atoms with Crippen LogP contribution in [0, 0.1) is 0 Å². The fourth-order valence-corrected chi connectivity index (χ4v) is 26.1.